The molecule has 2 atom stereocenters. The molecule has 1 aliphatic carbocycles. The Morgan fingerprint density at radius 2 is 2.24 bits per heavy atom. The summed E-state index contributed by atoms with van der Waals surface area (Å²) in [5.74, 6) is 0.674. The van der Waals surface area contributed by atoms with E-state index < -0.39 is 0 Å². The first-order chi connectivity index (χ1) is 16.5. The number of nitrogens with one attached hydrogen (secondary N) is 2. The third-order valence-corrected chi connectivity index (χ3v) is 9.57. The van der Waals surface area contributed by atoms with Crippen LogP contribution in [0.4, 0.5) is 0 Å². The first kappa shape index (κ1) is 22.3. The number of H-pyrrole nitrogens is 1. The zero-order valence-corrected chi connectivity index (χ0v) is 20.9. The van der Waals surface area contributed by atoms with E-state index in [2.05, 4.69) is 40.3 Å². The Kier molecular flexibility index (Phi) is 5.74. The van der Waals surface area contributed by atoms with E-state index in [1.54, 1.807) is 11.1 Å². The molecule has 3 aromatic rings. The van der Waals surface area contributed by atoms with Crippen LogP contribution in [0, 0.1) is 5.92 Å². The average Bonchev–Trinajstić information content (AvgIpc) is 3.46. The van der Waals surface area contributed by atoms with E-state index in [9.17, 15) is 4.79 Å². The lowest BCUT2D eigenvalue weighted by atomic mass is 9.76. The normalized spacial score (nSPS) is 29.2. The molecule has 4 heterocycles. The van der Waals surface area contributed by atoms with Crippen molar-refractivity contribution in [2.75, 3.05) is 19.7 Å². The molecule has 1 saturated heterocycles. The van der Waals surface area contributed by atoms with Gasteiger partial charge >= 0.3 is 0 Å². The summed E-state index contributed by atoms with van der Waals surface area (Å²) in [6, 6.07) is 8.94. The third kappa shape index (κ3) is 3.97. The molecule has 0 unspecified atom stereocenters. The topological polar surface area (TPSA) is 70.2 Å². The number of hydrogen-bond acceptors (Lipinski definition) is 5. The number of carbonyl (C=O) groups excluding carboxylic acids is 1. The SMILES string of the molecule is CCc1cc2c(s1)CCO[C@@]21CCN(C[C@H]2C[C@@H](NC(=O)c3ccc4cn[nH]c4c3)C2)[C@@H](C)C1. The quantitative estimate of drug-likeness (QED) is 0.560. The molecule has 6 rings (SSSR count). The Morgan fingerprint density at radius 1 is 1.35 bits per heavy atom. The number of amides is 1. The summed E-state index contributed by atoms with van der Waals surface area (Å²) >= 11 is 2.00. The van der Waals surface area contributed by atoms with Crippen molar-refractivity contribution in [2.45, 2.75) is 70.1 Å². The fourth-order valence-electron chi connectivity index (χ4n) is 6.23. The van der Waals surface area contributed by atoms with Gasteiger partial charge in [-0.05, 0) is 68.7 Å². The highest BCUT2D eigenvalue weighted by Gasteiger charge is 2.45. The number of benzene rings is 1. The number of aromatic amines is 1. The molecule has 1 spiro atoms. The van der Waals surface area contributed by atoms with Gasteiger partial charge in [0.1, 0.15) is 0 Å². The van der Waals surface area contributed by atoms with Crippen LogP contribution in [-0.4, -0.2) is 52.8 Å². The number of rotatable bonds is 5. The standard InChI is InChI=1S/C27H34N4O2S/c1-3-22-13-23-25(34-22)6-9-33-27(23)7-8-31(17(2)14-27)16-18-10-21(11-18)29-26(32)19-4-5-20-15-28-30-24(20)12-19/h4-5,12-13,15,17-18,21H,3,6-11,14,16H2,1-2H3,(H,28,30)(H,29,32)/t17-,18-,21+,27+/m0/s1. The van der Waals surface area contributed by atoms with Crippen molar-refractivity contribution in [3.63, 3.8) is 0 Å². The minimum Gasteiger partial charge on any atom is -0.370 e. The highest BCUT2D eigenvalue weighted by Crippen LogP contribution is 2.46. The summed E-state index contributed by atoms with van der Waals surface area (Å²) in [5.41, 5.74) is 3.02. The number of ether oxygens (including phenoxy) is 1. The third-order valence-electron chi connectivity index (χ3n) is 8.23. The van der Waals surface area contributed by atoms with Gasteiger partial charge < -0.3 is 15.0 Å². The highest BCUT2D eigenvalue weighted by molar-refractivity contribution is 7.12. The number of aryl methyl sites for hydroxylation is 1. The molecule has 0 bridgehead atoms. The molecule has 34 heavy (non-hydrogen) atoms. The lowest BCUT2D eigenvalue weighted by Gasteiger charge is -2.49. The van der Waals surface area contributed by atoms with E-state index in [-0.39, 0.29) is 17.6 Å². The van der Waals surface area contributed by atoms with Gasteiger partial charge in [0.25, 0.3) is 5.91 Å². The molecule has 2 aliphatic heterocycles. The number of fused-ring (bicyclic) bond motifs is 3. The minimum atomic E-state index is -0.0701. The molecule has 3 aliphatic rings. The van der Waals surface area contributed by atoms with Crippen LogP contribution in [0.5, 0.6) is 0 Å². The second-order valence-corrected chi connectivity index (χ2v) is 11.7. The lowest BCUT2D eigenvalue weighted by Crippen LogP contribution is -2.54. The van der Waals surface area contributed by atoms with Crippen LogP contribution < -0.4 is 5.32 Å². The van der Waals surface area contributed by atoms with Gasteiger partial charge in [-0.2, -0.15) is 5.10 Å². The zero-order chi connectivity index (χ0) is 23.3. The van der Waals surface area contributed by atoms with Gasteiger partial charge in [-0.15, -0.1) is 11.3 Å². The van der Waals surface area contributed by atoms with Gasteiger partial charge in [-0.3, -0.25) is 9.89 Å². The Hall–Kier alpha value is -2.22. The van der Waals surface area contributed by atoms with Crippen molar-refractivity contribution in [2.24, 2.45) is 5.92 Å². The number of carbonyl (C=O) groups is 1. The number of aromatic nitrogens is 2. The fraction of sp³-hybridized carbons (Fsp3) is 0.556. The van der Waals surface area contributed by atoms with Crippen molar-refractivity contribution in [1.29, 1.82) is 0 Å². The average molecular weight is 479 g/mol. The minimum absolute atomic E-state index is 0.0145. The van der Waals surface area contributed by atoms with Gasteiger partial charge in [-0.1, -0.05) is 13.0 Å². The molecule has 180 valence electrons. The number of nitrogens with zero attached hydrogens (tertiary/aromatic N) is 2. The molecule has 1 aromatic carbocycles. The molecule has 6 nitrogen and oxygen atoms in total. The molecule has 0 radical (unpaired) electrons. The van der Waals surface area contributed by atoms with Crippen molar-refractivity contribution >= 4 is 28.1 Å². The highest BCUT2D eigenvalue weighted by atomic mass is 32.1. The maximum atomic E-state index is 12.7. The molecule has 2 N–H and O–H groups in total. The van der Waals surface area contributed by atoms with Crippen LogP contribution in [-0.2, 0) is 23.2 Å². The van der Waals surface area contributed by atoms with Crippen molar-refractivity contribution in [3.05, 3.63) is 51.3 Å². The zero-order valence-electron chi connectivity index (χ0n) is 20.1. The van der Waals surface area contributed by atoms with E-state index in [4.69, 9.17) is 4.74 Å². The van der Waals surface area contributed by atoms with Crippen LogP contribution in [0.1, 0.15) is 65.2 Å². The summed E-state index contributed by atoms with van der Waals surface area (Å²) in [6.45, 7) is 7.70. The van der Waals surface area contributed by atoms with E-state index in [0.717, 1.165) is 69.1 Å². The molecule has 2 fully saturated rings. The van der Waals surface area contributed by atoms with E-state index in [1.807, 2.05) is 29.5 Å². The second kappa shape index (κ2) is 8.77. The summed E-state index contributed by atoms with van der Waals surface area (Å²) in [5, 5.41) is 11.2. The molecular formula is C27H34N4O2S. The van der Waals surface area contributed by atoms with E-state index in [0.29, 0.717) is 17.5 Å². The molecule has 2 aromatic heterocycles. The van der Waals surface area contributed by atoms with Crippen LogP contribution >= 0.6 is 11.3 Å². The van der Waals surface area contributed by atoms with Crippen LogP contribution in [0.3, 0.4) is 0 Å². The van der Waals surface area contributed by atoms with Gasteiger partial charge in [0, 0.05) is 52.3 Å². The van der Waals surface area contributed by atoms with Gasteiger partial charge in [0.05, 0.1) is 23.9 Å². The fourth-order valence-corrected chi connectivity index (χ4v) is 7.41. The Bertz CT molecular complexity index is 1200. The predicted molar refractivity (Wildman–Crippen MR) is 135 cm³/mol. The lowest BCUT2D eigenvalue weighted by molar-refractivity contribution is -0.114. The Labute approximate surface area is 205 Å². The van der Waals surface area contributed by atoms with Crippen molar-refractivity contribution in [3.8, 4) is 0 Å². The first-order valence-electron chi connectivity index (χ1n) is 12.8. The van der Waals surface area contributed by atoms with Gasteiger partial charge in [0.2, 0.25) is 0 Å². The van der Waals surface area contributed by atoms with Crippen LogP contribution in [0.25, 0.3) is 10.9 Å². The van der Waals surface area contributed by atoms with Crippen molar-refractivity contribution < 1.29 is 9.53 Å². The maximum absolute atomic E-state index is 12.7. The number of thiophene rings is 1. The molecular weight excluding hydrogens is 444 g/mol. The number of piperidine rings is 1. The van der Waals surface area contributed by atoms with E-state index in [1.165, 1.54) is 10.4 Å². The predicted octanol–water partition coefficient (Wildman–Crippen LogP) is 4.65. The molecule has 1 saturated carbocycles. The largest absolute Gasteiger partial charge is 0.370 e. The van der Waals surface area contributed by atoms with Crippen molar-refractivity contribution in [1.82, 2.24) is 20.4 Å². The maximum Gasteiger partial charge on any atom is 0.251 e. The first-order valence-corrected chi connectivity index (χ1v) is 13.6. The summed E-state index contributed by atoms with van der Waals surface area (Å²) in [6.07, 6.45) is 8.28. The number of likely N-dealkylation sites (tertiary alicyclic amines) is 1. The summed E-state index contributed by atoms with van der Waals surface area (Å²) in [7, 11) is 0. The van der Waals surface area contributed by atoms with Gasteiger partial charge in [0.15, 0.2) is 0 Å². The monoisotopic (exact) mass is 478 g/mol. The summed E-state index contributed by atoms with van der Waals surface area (Å²) in [4.78, 5) is 18.4. The Morgan fingerprint density at radius 3 is 3.06 bits per heavy atom. The molecule has 7 heteroatoms. The number of hydrogen-bond donors (Lipinski definition) is 2. The van der Waals surface area contributed by atoms with Gasteiger partial charge in [-0.25, -0.2) is 0 Å². The Balaban J connectivity index is 1.02. The van der Waals surface area contributed by atoms with Crippen LogP contribution in [0.15, 0.2) is 30.5 Å². The van der Waals surface area contributed by atoms with E-state index >= 15 is 0 Å². The van der Waals surface area contributed by atoms with Crippen LogP contribution in [0.2, 0.25) is 0 Å². The second-order valence-electron chi connectivity index (χ2n) is 10.5. The smallest absolute Gasteiger partial charge is 0.251 e. The summed E-state index contributed by atoms with van der Waals surface area (Å²) < 4.78 is 6.51. The molecule has 1 amide bonds.